The van der Waals surface area contributed by atoms with E-state index in [1.54, 1.807) is 10.8 Å². The minimum atomic E-state index is -1.26. The Kier molecular flexibility index (Phi) is 5.16. The molecule has 0 saturated heterocycles. The van der Waals surface area contributed by atoms with E-state index in [2.05, 4.69) is 4.98 Å². The average molecular weight is 295 g/mol. The van der Waals surface area contributed by atoms with E-state index >= 15 is 0 Å². The van der Waals surface area contributed by atoms with Crippen molar-refractivity contribution in [3.05, 3.63) is 47.8 Å². The van der Waals surface area contributed by atoms with Crippen LogP contribution in [0.3, 0.4) is 0 Å². The van der Waals surface area contributed by atoms with Crippen LogP contribution in [0.25, 0.3) is 0 Å². The Bertz CT molecular complexity index is 547. The van der Waals surface area contributed by atoms with E-state index in [0.29, 0.717) is 11.7 Å². The zero-order chi connectivity index (χ0) is 14.5. The summed E-state index contributed by atoms with van der Waals surface area (Å²) in [6.07, 6.45) is -0.861. The molecule has 0 amide bonds. The van der Waals surface area contributed by atoms with E-state index in [1.807, 2.05) is 30.3 Å². The number of nitrogens with zero attached hydrogens (tertiary/aromatic N) is 2. The Labute approximate surface area is 121 Å². The molecule has 0 fully saturated rings. The van der Waals surface area contributed by atoms with Crippen LogP contribution >= 0.6 is 11.9 Å². The molecule has 5 N–H and O–H groups in total. The number of imidazole rings is 1. The summed E-state index contributed by atoms with van der Waals surface area (Å²) in [5.74, 6) is 0. The minimum absolute atomic E-state index is 0.287. The molecule has 0 spiro atoms. The standard InChI is InChI=1S/C13H17N3O3S/c14-20-13-15-10(12(19)11(18)8-17)7-16(13)6-9-4-2-1-3-5-9/h1-5,7,11-12,17-19H,6,8,14H2/t11-,12+/m1/s1. The number of hydrogen-bond donors (Lipinski definition) is 4. The summed E-state index contributed by atoms with van der Waals surface area (Å²) >= 11 is 0.969. The Morgan fingerprint density at radius 1 is 1.25 bits per heavy atom. The molecule has 7 heteroatoms. The molecule has 20 heavy (non-hydrogen) atoms. The summed E-state index contributed by atoms with van der Waals surface area (Å²) in [4.78, 5) is 4.17. The van der Waals surface area contributed by atoms with Gasteiger partial charge in [0.2, 0.25) is 0 Å². The van der Waals surface area contributed by atoms with Crippen molar-refractivity contribution in [2.45, 2.75) is 23.9 Å². The molecule has 2 rings (SSSR count). The molecule has 0 aliphatic rings. The van der Waals surface area contributed by atoms with Crippen molar-refractivity contribution in [3.63, 3.8) is 0 Å². The summed E-state index contributed by atoms with van der Waals surface area (Å²) in [5, 5.41) is 34.3. The summed E-state index contributed by atoms with van der Waals surface area (Å²) in [7, 11) is 0. The molecule has 108 valence electrons. The van der Waals surface area contributed by atoms with Crippen molar-refractivity contribution in [3.8, 4) is 0 Å². The van der Waals surface area contributed by atoms with Crippen LogP contribution in [0.4, 0.5) is 0 Å². The summed E-state index contributed by atoms with van der Waals surface area (Å²) < 4.78 is 1.79. The Hall–Kier alpha value is -1.38. The van der Waals surface area contributed by atoms with Gasteiger partial charge in [0.25, 0.3) is 0 Å². The van der Waals surface area contributed by atoms with Crippen molar-refractivity contribution in [2.75, 3.05) is 6.61 Å². The van der Waals surface area contributed by atoms with E-state index in [-0.39, 0.29) is 5.69 Å². The van der Waals surface area contributed by atoms with Crippen molar-refractivity contribution in [2.24, 2.45) is 5.14 Å². The number of aliphatic hydroxyl groups is 3. The molecule has 0 aliphatic carbocycles. The van der Waals surface area contributed by atoms with E-state index in [9.17, 15) is 10.2 Å². The maximum atomic E-state index is 9.85. The quantitative estimate of drug-likeness (QED) is 0.571. The SMILES string of the molecule is NSc1nc([C@H](O)[C@H](O)CO)cn1Cc1ccccc1. The zero-order valence-corrected chi connectivity index (χ0v) is 11.6. The van der Waals surface area contributed by atoms with Gasteiger partial charge in [-0.2, -0.15) is 0 Å². The molecule has 2 aromatic rings. The molecular formula is C13H17N3O3S. The first kappa shape index (κ1) is 15.0. The van der Waals surface area contributed by atoms with Gasteiger partial charge in [0.05, 0.1) is 12.3 Å². The van der Waals surface area contributed by atoms with Crippen LogP contribution < -0.4 is 5.14 Å². The number of rotatable bonds is 6. The molecular weight excluding hydrogens is 278 g/mol. The Balaban J connectivity index is 2.23. The highest BCUT2D eigenvalue weighted by Gasteiger charge is 2.21. The van der Waals surface area contributed by atoms with E-state index in [0.717, 1.165) is 17.5 Å². The Morgan fingerprint density at radius 2 is 1.95 bits per heavy atom. The zero-order valence-electron chi connectivity index (χ0n) is 10.8. The van der Waals surface area contributed by atoms with Crippen LogP contribution in [0.5, 0.6) is 0 Å². The molecule has 0 saturated carbocycles. The lowest BCUT2D eigenvalue weighted by atomic mass is 10.1. The van der Waals surface area contributed by atoms with Crippen LogP contribution in [0.2, 0.25) is 0 Å². The van der Waals surface area contributed by atoms with Gasteiger partial charge in [0.1, 0.15) is 12.2 Å². The summed E-state index contributed by atoms with van der Waals surface area (Å²) in [5.41, 5.74) is 1.36. The fourth-order valence-electron chi connectivity index (χ4n) is 1.85. The number of hydrogen-bond acceptors (Lipinski definition) is 6. The van der Waals surface area contributed by atoms with E-state index in [1.165, 1.54) is 0 Å². The van der Waals surface area contributed by atoms with Crippen molar-refractivity contribution in [1.82, 2.24) is 9.55 Å². The van der Waals surface area contributed by atoms with Crippen LogP contribution in [0.15, 0.2) is 41.7 Å². The maximum Gasteiger partial charge on any atom is 0.183 e. The smallest absolute Gasteiger partial charge is 0.183 e. The van der Waals surface area contributed by atoms with Crippen LogP contribution in [0.1, 0.15) is 17.4 Å². The second-order valence-electron chi connectivity index (χ2n) is 4.37. The monoisotopic (exact) mass is 295 g/mol. The summed E-state index contributed by atoms with van der Waals surface area (Å²) in [6, 6.07) is 9.76. The third kappa shape index (κ3) is 3.38. The van der Waals surface area contributed by atoms with Crippen LogP contribution in [-0.2, 0) is 6.54 Å². The average Bonchev–Trinajstić information content (AvgIpc) is 2.89. The first-order valence-corrected chi connectivity index (χ1v) is 6.98. The Morgan fingerprint density at radius 3 is 2.55 bits per heavy atom. The van der Waals surface area contributed by atoms with Gasteiger partial charge in [-0.1, -0.05) is 30.3 Å². The largest absolute Gasteiger partial charge is 0.394 e. The number of aliphatic hydroxyl groups excluding tert-OH is 3. The fraction of sp³-hybridized carbons (Fsp3) is 0.308. The lowest BCUT2D eigenvalue weighted by Gasteiger charge is -2.12. The maximum absolute atomic E-state index is 9.85. The van der Waals surface area contributed by atoms with Crippen molar-refractivity contribution in [1.29, 1.82) is 0 Å². The fourth-order valence-corrected chi connectivity index (χ4v) is 2.26. The highest BCUT2D eigenvalue weighted by atomic mass is 32.2. The van der Waals surface area contributed by atoms with Crippen molar-refractivity contribution >= 4 is 11.9 Å². The molecule has 6 nitrogen and oxygen atoms in total. The predicted molar refractivity (Wildman–Crippen MR) is 75.9 cm³/mol. The summed E-state index contributed by atoms with van der Waals surface area (Å²) in [6.45, 7) is 0.0348. The first-order valence-electron chi connectivity index (χ1n) is 6.10. The second kappa shape index (κ2) is 6.87. The molecule has 0 aliphatic heterocycles. The topological polar surface area (TPSA) is 105 Å². The van der Waals surface area contributed by atoms with Crippen molar-refractivity contribution < 1.29 is 15.3 Å². The number of aromatic nitrogens is 2. The predicted octanol–water partition coefficient (Wildman–Crippen LogP) is 0.284. The van der Waals surface area contributed by atoms with Gasteiger partial charge in [0.15, 0.2) is 5.16 Å². The molecule has 0 unspecified atom stereocenters. The van der Waals surface area contributed by atoms with Gasteiger partial charge < -0.3 is 19.9 Å². The van der Waals surface area contributed by atoms with E-state index in [4.69, 9.17) is 10.2 Å². The van der Waals surface area contributed by atoms with Gasteiger partial charge in [0, 0.05) is 12.7 Å². The third-order valence-electron chi connectivity index (χ3n) is 2.91. The van der Waals surface area contributed by atoms with E-state index < -0.39 is 18.8 Å². The molecule has 0 bridgehead atoms. The molecule has 1 aromatic heterocycles. The van der Waals surface area contributed by atoms with Crippen LogP contribution in [0, 0.1) is 0 Å². The van der Waals surface area contributed by atoms with Gasteiger partial charge in [-0.15, -0.1) is 0 Å². The van der Waals surface area contributed by atoms with Crippen LogP contribution in [-0.4, -0.2) is 37.6 Å². The number of benzene rings is 1. The highest BCUT2D eigenvalue weighted by Crippen LogP contribution is 2.21. The molecule has 2 atom stereocenters. The second-order valence-corrected chi connectivity index (χ2v) is 4.98. The molecule has 0 radical (unpaired) electrons. The lowest BCUT2D eigenvalue weighted by Crippen LogP contribution is -2.22. The van der Waals surface area contributed by atoms with Gasteiger partial charge >= 0.3 is 0 Å². The third-order valence-corrected chi connectivity index (χ3v) is 3.45. The van der Waals surface area contributed by atoms with Gasteiger partial charge in [-0.05, 0) is 17.5 Å². The lowest BCUT2D eigenvalue weighted by molar-refractivity contribution is -0.0172. The first-order chi connectivity index (χ1) is 9.65. The molecule has 1 heterocycles. The van der Waals surface area contributed by atoms with Gasteiger partial charge in [-0.25, -0.2) is 4.98 Å². The molecule has 1 aromatic carbocycles. The highest BCUT2D eigenvalue weighted by molar-refractivity contribution is 7.96. The normalized spacial score (nSPS) is 14.2. The minimum Gasteiger partial charge on any atom is -0.394 e. The van der Waals surface area contributed by atoms with Gasteiger partial charge in [-0.3, -0.25) is 5.14 Å². The number of nitrogens with two attached hydrogens (primary N) is 1.